The van der Waals surface area contributed by atoms with Gasteiger partial charge < -0.3 is 15.2 Å². The number of carboxylic acid groups (broad SMARTS) is 1. The van der Waals surface area contributed by atoms with Crippen LogP contribution in [0, 0.1) is 6.92 Å². The van der Waals surface area contributed by atoms with Crippen LogP contribution in [0.2, 0.25) is 0 Å². The molecule has 1 unspecified atom stereocenters. The van der Waals surface area contributed by atoms with Crippen LogP contribution in [0.4, 0.5) is 0 Å². The van der Waals surface area contributed by atoms with Crippen LogP contribution in [-0.4, -0.2) is 39.4 Å². The molecule has 2 rings (SSSR count). The Morgan fingerprint density at radius 1 is 1.32 bits per heavy atom. The normalized spacial score (nSPS) is 11.8. The zero-order chi connectivity index (χ0) is 18.4. The van der Waals surface area contributed by atoms with E-state index in [0.717, 1.165) is 23.2 Å². The summed E-state index contributed by atoms with van der Waals surface area (Å²) in [5.41, 5.74) is 2.53. The standard InChI is InChI=1S/C18H23N3O4/c1-4-13-7-5-6-8-16(13)25-11-17(22)19-15(18(23)24)9-14-10-21(3)20-12(14)2/h5-8,10,15H,4,9,11H2,1-3H3,(H,19,22)(H,23,24). The average Bonchev–Trinajstić information content (AvgIpc) is 2.89. The molecule has 0 aliphatic rings. The number of aromatic nitrogens is 2. The Morgan fingerprint density at radius 2 is 2.04 bits per heavy atom. The van der Waals surface area contributed by atoms with E-state index in [1.54, 1.807) is 30.9 Å². The first kappa shape index (κ1) is 18.5. The predicted octanol–water partition coefficient (Wildman–Crippen LogP) is 1.48. The highest BCUT2D eigenvalue weighted by Gasteiger charge is 2.22. The van der Waals surface area contributed by atoms with E-state index in [9.17, 15) is 14.7 Å². The summed E-state index contributed by atoms with van der Waals surface area (Å²) in [6.07, 6.45) is 2.72. The minimum absolute atomic E-state index is 0.173. The van der Waals surface area contributed by atoms with Gasteiger partial charge >= 0.3 is 5.97 Å². The maximum atomic E-state index is 12.1. The molecule has 0 aliphatic carbocycles. The van der Waals surface area contributed by atoms with Gasteiger partial charge in [0, 0.05) is 19.7 Å². The molecule has 2 N–H and O–H groups in total. The molecule has 0 spiro atoms. The summed E-state index contributed by atoms with van der Waals surface area (Å²) in [6, 6.07) is 6.43. The summed E-state index contributed by atoms with van der Waals surface area (Å²) in [5, 5.41) is 16.1. The Labute approximate surface area is 146 Å². The van der Waals surface area contributed by atoms with E-state index in [1.807, 2.05) is 25.1 Å². The SMILES string of the molecule is CCc1ccccc1OCC(=O)NC(Cc1cn(C)nc1C)C(=O)O. The maximum absolute atomic E-state index is 12.1. The van der Waals surface area contributed by atoms with Gasteiger partial charge in [-0.25, -0.2) is 4.79 Å². The number of benzene rings is 1. The van der Waals surface area contributed by atoms with Crippen LogP contribution in [0.5, 0.6) is 5.75 Å². The van der Waals surface area contributed by atoms with Gasteiger partial charge in [-0.2, -0.15) is 5.10 Å². The smallest absolute Gasteiger partial charge is 0.326 e. The lowest BCUT2D eigenvalue weighted by molar-refractivity contribution is -0.142. The van der Waals surface area contributed by atoms with Crippen LogP contribution in [0.3, 0.4) is 0 Å². The fourth-order valence-corrected chi connectivity index (χ4v) is 2.59. The van der Waals surface area contributed by atoms with E-state index in [-0.39, 0.29) is 13.0 Å². The van der Waals surface area contributed by atoms with Crippen molar-refractivity contribution in [3.63, 3.8) is 0 Å². The van der Waals surface area contributed by atoms with Crippen LogP contribution in [0.1, 0.15) is 23.7 Å². The first-order valence-electron chi connectivity index (χ1n) is 8.12. The zero-order valence-corrected chi connectivity index (χ0v) is 14.7. The Bertz CT molecular complexity index is 755. The number of aliphatic carboxylic acids is 1. The largest absolute Gasteiger partial charge is 0.483 e. The van der Waals surface area contributed by atoms with Crippen LogP contribution < -0.4 is 10.1 Å². The van der Waals surface area contributed by atoms with Crippen molar-refractivity contribution in [1.29, 1.82) is 0 Å². The predicted molar refractivity (Wildman–Crippen MR) is 92.5 cm³/mol. The molecule has 1 aromatic heterocycles. The molecule has 0 saturated carbocycles. The second-order valence-electron chi connectivity index (χ2n) is 5.83. The first-order valence-corrected chi connectivity index (χ1v) is 8.12. The van der Waals surface area contributed by atoms with Gasteiger partial charge in [-0.05, 0) is 30.5 Å². The van der Waals surface area contributed by atoms with E-state index >= 15 is 0 Å². The third-order valence-electron chi connectivity index (χ3n) is 3.88. The van der Waals surface area contributed by atoms with Gasteiger partial charge in [-0.3, -0.25) is 9.48 Å². The molecule has 0 fully saturated rings. The molecule has 1 amide bonds. The fourth-order valence-electron chi connectivity index (χ4n) is 2.59. The summed E-state index contributed by atoms with van der Waals surface area (Å²) in [6.45, 7) is 3.58. The van der Waals surface area contributed by atoms with E-state index in [2.05, 4.69) is 10.4 Å². The molecular formula is C18H23N3O4. The van der Waals surface area contributed by atoms with Gasteiger partial charge in [0.2, 0.25) is 0 Å². The highest BCUT2D eigenvalue weighted by Crippen LogP contribution is 2.18. The lowest BCUT2D eigenvalue weighted by Crippen LogP contribution is -2.44. The fraction of sp³-hybridized carbons (Fsp3) is 0.389. The van der Waals surface area contributed by atoms with E-state index in [0.29, 0.717) is 5.75 Å². The lowest BCUT2D eigenvalue weighted by Gasteiger charge is -2.15. The number of nitrogens with one attached hydrogen (secondary N) is 1. The molecule has 7 nitrogen and oxygen atoms in total. The molecule has 1 heterocycles. The van der Waals surface area contributed by atoms with Gasteiger partial charge in [0.1, 0.15) is 11.8 Å². The Balaban J connectivity index is 1.96. The van der Waals surface area contributed by atoms with E-state index in [4.69, 9.17) is 4.74 Å². The van der Waals surface area contributed by atoms with Gasteiger partial charge in [0.05, 0.1) is 5.69 Å². The second-order valence-corrected chi connectivity index (χ2v) is 5.83. The number of amides is 1. The van der Waals surface area contributed by atoms with Crippen LogP contribution in [0.15, 0.2) is 30.5 Å². The van der Waals surface area contributed by atoms with E-state index in [1.165, 1.54) is 0 Å². The first-order chi connectivity index (χ1) is 11.9. The maximum Gasteiger partial charge on any atom is 0.326 e. The Hall–Kier alpha value is -2.83. The van der Waals surface area contributed by atoms with Crippen molar-refractivity contribution < 1.29 is 19.4 Å². The van der Waals surface area contributed by atoms with Crippen LogP contribution in [-0.2, 0) is 29.5 Å². The number of hydrogen-bond donors (Lipinski definition) is 2. The molecule has 0 bridgehead atoms. The number of carbonyl (C=O) groups excluding carboxylic acids is 1. The number of para-hydroxylation sites is 1. The van der Waals surface area contributed by atoms with Gasteiger partial charge in [0.15, 0.2) is 6.61 Å². The zero-order valence-electron chi connectivity index (χ0n) is 14.7. The number of nitrogens with zero attached hydrogens (tertiary/aromatic N) is 2. The molecule has 2 aromatic rings. The molecule has 0 saturated heterocycles. The number of ether oxygens (including phenoxy) is 1. The Morgan fingerprint density at radius 3 is 2.64 bits per heavy atom. The highest BCUT2D eigenvalue weighted by molar-refractivity contribution is 5.84. The second kappa shape index (κ2) is 8.32. The molecular weight excluding hydrogens is 322 g/mol. The summed E-state index contributed by atoms with van der Waals surface area (Å²) in [4.78, 5) is 23.5. The Kier molecular flexibility index (Phi) is 6.16. The molecule has 134 valence electrons. The monoisotopic (exact) mass is 345 g/mol. The number of carbonyl (C=O) groups is 2. The summed E-state index contributed by atoms with van der Waals surface area (Å²) in [5.74, 6) is -0.930. The number of carboxylic acids is 1. The highest BCUT2D eigenvalue weighted by atomic mass is 16.5. The average molecular weight is 345 g/mol. The summed E-state index contributed by atoms with van der Waals surface area (Å²) >= 11 is 0. The van der Waals surface area contributed by atoms with E-state index < -0.39 is 17.9 Å². The molecule has 7 heteroatoms. The summed E-state index contributed by atoms with van der Waals surface area (Å²) < 4.78 is 7.15. The van der Waals surface area contributed by atoms with Crippen molar-refractivity contribution >= 4 is 11.9 Å². The van der Waals surface area contributed by atoms with Crippen molar-refractivity contribution in [2.24, 2.45) is 7.05 Å². The minimum Gasteiger partial charge on any atom is -0.483 e. The van der Waals surface area contributed by atoms with Crippen molar-refractivity contribution in [3.05, 3.63) is 47.3 Å². The lowest BCUT2D eigenvalue weighted by atomic mass is 10.1. The molecule has 0 aliphatic heterocycles. The van der Waals surface area contributed by atoms with Gasteiger partial charge in [0.25, 0.3) is 5.91 Å². The number of hydrogen-bond acceptors (Lipinski definition) is 4. The van der Waals surface area contributed by atoms with Crippen LogP contribution in [0.25, 0.3) is 0 Å². The minimum atomic E-state index is -1.09. The number of rotatable bonds is 8. The topological polar surface area (TPSA) is 93.5 Å². The molecule has 1 atom stereocenters. The molecule has 1 aromatic carbocycles. The molecule has 25 heavy (non-hydrogen) atoms. The van der Waals surface area contributed by atoms with Gasteiger partial charge in [-0.15, -0.1) is 0 Å². The van der Waals surface area contributed by atoms with Crippen molar-refractivity contribution in [1.82, 2.24) is 15.1 Å². The van der Waals surface area contributed by atoms with Gasteiger partial charge in [-0.1, -0.05) is 25.1 Å². The quantitative estimate of drug-likeness (QED) is 0.756. The number of aryl methyl sites for hydroxylation is 3. The third kappa shape index (κ3) is 5.07. The van der Waals surface area contributed by atoms with Crippen molar-refractivity contribution in [2.75, 3.05) is 6.61 Å². The van der Waals surface area contributed by atoms with Crippen molar-refractivity contribution in [3.8, 4) is 5.75 Å². The van der Waals surface area contributed by atoms with Crippen LogP contribution >= 0.6 is 0 Å². The molecule has 0 radical (unpaired) electrons. The van der Waals surface area contributed by atoms with Crippen molar-refractivity contribution in [2.45, 2.75) is 32.7 Å². The summed E-state index contributed by atoms with van der Waals surface area (Å²) in [7, 11) is 1.77. The third-order valence-corrected chi connectivity index (χ3v) is 3.88.